The molecule has 10 nitrogen and oxygen atoms in total. The van der Waals surface area contributed by atoms with E-state index in [1.54, 1.807) is 44.6 Å². The molecule has 0 radical (unpaired) electrons. The number of likely N-dealkylation sites (N-methyl/N-ethyl adjacent to an activating group) is 1. The van der Waals surface area contributed by atoms with Gasteiger partial charge in [0.15, 0.2) is 29.6 Å². The van der Waals surface area contributed by atoms with E-state index in [9.17, 15) is 10.1 Å². The van der Waals surface area contributed by atoms with E-state index >= 15 is 0 Å². The summed E-state index contributed by atoms with van der Waals surface area (Å²) in [5.41, 5.74) is 2.44. The van der Waals surface area contributed by atoms with Gasteiger partial charge in [0.25, 0.3) is 5.91 Å². The number of carbonyl (C=O) groups is 1. The maximum atomic E-state index is 11.6. The highest BCUT2D eigenvalue weighted by molar-refractivity contribution is 5.97. The molecule has 0 unspecified atom stereocenters. The molecule has 3 N–H and O–H groups in total. The predicted octanol–water partition coefficient (Wildman–Crippen LogP) is 6.08. The van der Waals surface area contributed by atoms with Gasteiger partial charge in [-0.1, -0.05) is 25.0 Å². The Morgan fingerprint density at radius 3 is 2.50 bits per heavy atom. The molecular weight excluding hydrogens is 558 g/mol. The summed E-state index contributed by atoms with van der Waals surface area (Å²) in [7, 11) is 3.16. The average Bonchev–Trinajstić information content (AvgIpc) is 3.58. The van der Waals surface area contributed by atoms with Crippen LogP contribution in [0.15, 0.2) is 66.9 Å². The molecule has 5 rings (SSSR count). The summed E-state index contributed by atoms with van der Waals surface area (Å²) in [6.07, 6.45) is 7.59. The lowest BCUT2D eigenvalue weighted by Crippen LogP contribution is -2.27. The molecule has 1 aliphatic carbocycles. The number of hydrogen-bond acceptors (Lipinski definition) is 9. The van der Waals surface area contributed by atoms with Crippen LogP contribution in [0.3, 0.4) is 0 Å². The lowest BCUT2D eigenvalue weighted by atomic mass is 10.1. The van der Waals surface area contributed by atoms with Crippen molar-refractivity contribution in [1.82, 2.24) is 15.6 Å². The Labute approximate surface area is 257 Å². The number of rotatable bonds is 14. The lowest BCUT2D eigenvalue weighted by Gasteiger charge is -2.16. The summed E-state index contributed by atoms with van der Waals surface area (Å²) in [6, 6.07) is 21.0. The van der Waals surface area contributed by atoms with Crippen molar-refractivity contribution in [3.8, 4) is 34.8 Å². The standard InChI is InChI=1S/C34H37N5O5/c1-36-33(40)22-43-29-10-5-6-11-30(29)44-26-14-12-25(13-15-26)39-34-23(20-35)21-38-28-19-32(31(41-2)18-27(28)34)42-17-7-16-37-24-8-3-4-9-24/h5-6,10-15,18-19,21,24,37H,3-4,7-9,16-17,22H2,1-2H3,(H,36,40)(H,38,39). The molecule has 228 valence electrons. The van der Waals surface area contributed by atoms with E-state index in [-0.39, 0.29) is 12.5 Å². The zero-order valence-corrected chi connectivity index (χ0v) is 25.0. The number of nitriles is 1. The van der Waals surface area contributed by atoms with Crippen LogP contribution < -0.4 is 34.9 Å². The molecule has 1 aliphatic rings. The van der Waals surface area contributed by atoms with E-state index in [0.29, 0.717) is 58.2 Å². The molecule has 4 aromatic rings. The number of aromatic nitrogens is 1. The zero-order valence-electron chi connectivity index (χ0n) is 25.0. The normalized spacial score (nSPS) is 12.8. The van der Waals surface area contributed by atoms with Gasteiger partial charge in [0.05, 0.1) is 30.5 Å². The van der Waals surface area contributed by atoms with Gasteiger partial charge in [-0.3, -0.25) is 9.78 Å². The highest BCUT2D eigenvalue weighted by Crippen LogP contribution is 2.38. The molecule has 1 heterocycles. The number of para-hydroxylation sites is 2. The van der Waals surface area contributed by atoms with Gasteiger partial charge < -0.3 is 34.9 Å². The molecular formula is C34H37N5O5. The van der Waals surface area contributed by atoms with Crippen LogP contribution in [0.5, 0.6) is 28.7 Å². The molecule has 0 bridgehead atoms. The van der Waals surface area contributed by atoms with Crippen molar-refractivity contribution >= 4 is 28.2 Å². The summed E-state index contributed by atoms with van der Waals surface area (Å²) in [5.74, 6) is 2.47. The lowest BCUT2D eigenvalue weighted by molar-refractivity contribution is -0.122. The van der Waals surface area contributed by atoms with E-state index in [4.69, 9.17) is 18.9 Å². The maximum Gasteiger partial charge on any atom is 0.257 e. The van der Waals surface area contributed by atoms with Crippen LogP contribution in [-0.4, -0.2) is 50.8 Å². The van der Waals surface area contributed by atoms with Gasteiger partial charge in [0.2, 0.25) is 0 Å². The van der Waals surface area contributed by atoms with Crippen molar-refractivity contribution < 1.29 is 23.7 Å². The van der Waals surface area contributed by atoms with Gasteiger partial charge in [-0.2, -0.15) is 5.26 Å². The number of anilines is 2. The summed E-state index contributed by atoms with van der Waals surface area (Å²) in [4.78, 5) is 16.1. The second-order valence-corrected chi connectivity index (χ2v) is 10.5. The molecule has 1 amide bonds. The fraction of sp³-hybridized carbons (Fsp3) is 0.324. The van der Waals surface area contributed by atoms with Crippen LogP contribution in [0.25, 0.3) is 10.9 Å². The number of ether oxygens (including phenoxy) is 4. The third-order valence-electron chi connectivity index (χ3n) is 7.48. The Hall–Kier alpha value is -5.01. The van der Waals surface area contributed by atoms with E-state index in [1.165, 1.54) is 25.7 Å². The van der Waals surface area contributed by atoms with E-state index < -0.39 is 0 Å². The van der Waals surface area contributed by atoms with Crippen LogP contribution in [-0.2, 0) is 4.79 Å². The van der Waals surface area contributed by atoms with Crippen LogP contribution in [0.4, 0.5) is 11.4 Å². The first-order valence-corrected chi connectivity index (χ1v) is 14.8. The van der Waals surface area contributed by atoms with Crippen LogP contribution in [0.1, 0.15) is 37.7 Å². The first-order chi connectivity index (χ1) is 21.6. The van der Waals surface area contributed by atoms with Crippen molar-refractivity contribution in [2.45, 2.75) is 38.1 Å². The fourth-order valence-corrected chi connectivity index (χ4v) is 5.13. The second-order valence-electron chi connectivity index (χ2n) is 10.5. The van der Waals surface area contributed by atoms with Gasteiger partial charge in [0.1, 0.15) is 11.8 Å². The minimum Gasteiger partial charge on any atom is -0.493 e. The number of methoxy groups -OCH3 is 1. The number of pyridine rings is 1. The number of hydrogen-bond donors (Lipinski definition) is 3. The second kappa shape index (κ2) is 14.9. The predicted molar refractivity (Wildman–Crippen MR) is 169 cm³/mol. The first kappa shape index (κ1) is 30.4. The fourth-order valence-electron chi connectivity index (χ4n) is 5.13. The quantitative estimate of drug-likeness (QED) is 0.149. The molecule has 1 fully saturated rings. The van der Waals surface area contributed by atoms with Gasteiger partial charge in [0, 0.05) is 36.4 Å². The SMILES string of the molecule is CNC(=O)COc1ccccc1Oc1ccc(Nc2c(C#N)cnc3cc(OCCCNC4CCCC4)c(OC)cc23)cc1. The first-order valence-electron chi connectivity index (χ1n) is 14.8. The molecule has 3 aromatic carbocycles. The number of amides is 1. The van der Waals surface area contributed by atoms with Gasteiger partial charge in [-0.15, -0.1) is 0 Å². The highest BCUT2D eigenvalue weighted by Gasteiger charge is 2.16. The number of benzene rings is 3. The molecule has 1 aromatic heterocycles. The molecule has 1 saturated carbocycles. The van der Waals surface area contributed by atoms with Crippen molar-refractivity contribution in [1.29, 1.82) is 5.26 Å². The van der Waals surface area contributed by atoms with Crippen molar-refractivity contribution in [3.63, 3.8) is 0 Å². The summed E-state index contributed by atoms with van der Waals surface area (Å²) in [6.45, 7) is 1.36. The minimum atomic E-state index is -0.237. The van der Waals surface area contributed by atoms with Crippen molar-refractivity contribution in [2.24, 2.45) is 0 Å². The van der Waals surface area contributed by atoms with Crippen LogP contribution in [0.2, 0.25) is 0 Å². The van der Waals surface area contributed by atoms with E-state index in [2.05, 4.69) is 27.0 Å². The summed E-state index contributed by atoms with van der Waals surface area (Å²) in [5, 5.41) is 20.1. The number of nitrogens with one attached hydrogen (secondary N) is 3. The molecule has 10 heteroatoms. The maximum absolute atomic E-state index is 11.6. The summed E-state index contributed by atoms with van der Waals surface area (Å²) >= 11 is 0. The molecule has 44 heavy (non-hydrogen) atoms. The smallest absolute Gasteiger partial charge is 0.257 e. The van der Waals surface area contributed by atoms with Crippen LogP contribution in [0, 0.1) is 11.3 Å². The Balaban J connectivity index is 1.28. The molecule has 0 aliphatic heterocycles. The average molecular weight is 596 g/mol. The zero-order chi connectivity index (χ0) is 30.7. The number of fused-ring (bicyclic) bond motifs is 1. The van der Waals surface area contributed by atoms with Crippen molar-refractivity contribution in [2.75, 3.05) is 39.2 Å². The van der Waals surface area contributed by atoms with E-state index in [1.807, 2.05) is 36.4 Å². The number of carbonyl (C=O) groups excluding carboxylic acids is 1. The largest absolute Gasteiger partial charge is 0.493 e. The van der Waals surface area contributed by atoms with Crippen molar-refractivity contribution in [3.05, 3.63) is 72.4 Å². The van der Waals surface area contributed by atoms with Gasteiger partial charge >= 0.3 is 0 Å². The molecule has 0 atom stereocenters. The Morgan fingerprint density at radius 1 is 1.00 bits per heavy atom. The Morgan fingerprint density at radius 2 is 1.77 bits per heavy atom. The monoisotopic (exact) mass is 595 g/mol. The van der Waals surface area contributed by atoms with Gasteiger partial charge in [-0.05, 0) is 68.3 Å². The summed E-state index contributed by atoms with van der Waals surface area (Å²) < 4.78 is 23.4. The van der Waals surface area contributed by atoms with Gasteiger partial charge in [-0.25, -0.2) is 0 Å². The highest BCUT2D eigenvalue weighted by atomic mass is 16.5. The molecule has 0 spiro atoms. The third-order valence-corrected chi connectivity index (χ3v) is 7.48. The topological polar surface area (TPSA) is 127 Å². The Bertz CT molecular complexity index is 1610. The van der Waals surface area contributed by atoms with E-state index in [0.717, 1.165) is 24.0 Å². The third kappa shape index (κ3) is 7.68. The Kier molecular flexibility index (Phi) is 10.3. The van der Waals surface area contributed by atoms with Crippen LogP contribution >= 0.6 is 0 Å². The molecule has 0 saturated heterocycles. The minimum absolute atomic E-state index is 0.114. The number of nitrogens with zero attached hydrogens (tertiary/aromatic N) is 2.